The number of allylic oxidation sites excluding steroid dienone is 2. The fourth-order valence-corrected chi connectivity index (χ4v) is 3.69. The molecule has 0 radical (unpaired) electrons. The topological polar surface area (TPSA) is 102 Å². The lowest BCUT2D eigenvalue weighted by atomic mass is 10.0. The second-order valence-electron chi connectivity index (χ2n) is 11.1. The van der Waals surface area contributed by atoms with Gasteiger partial charge in [0.1, 0.15) is 28.6 Å². The highest BCUT2D eigenvalue weighted by atomic mass is 16.6. The molecule has 1 N–H and O–H groups in total. The Balaban J connectivity index is 1.78. The van der Waals surface area contributed by atoms with Crippen LogP contribution in [0.15, 0.2) is 60.0 Å². The van der Waals surface area contributed by atoms with Gasteiger partial charge >= 0.3 is 12.2 Å². The van der Waals surface area contributed by atoms with Gasteiger partial charge in [0, 0.05) is 36.5 Å². The van der Waals surface area contributed by atoms with Crippen molar-refractivity contribution in [3.05, 3.63) is 71.7 Å². The van der Waals surface area contributed by atoms with Crippen molar-refractivity contribution in [2.75, 3.05) is 11.9 Å². The summed E-state index contributed by atoms with van der Waals surface area (Å²) in [6.45, 7) is 17.1. The van der Waals surface area contributed by atoms with E-state index in [1.54, 1.807) is 53.8 Å². The Hall–Kier alpha value is -4.14. The Morgan fingerprint density at radius 1 is 1.10 bits per heavy atom. The summed E-state index contributed by atoms with van der Waals surface area (Å²) in [6, 6.07) is 10.1. The van der Waals surface area contributed by atoms with E-state index in [2.05, 4.69) is 34.0 Å². The lowest BCUT2D eigenvalue weighted by molar-refractivity contribution is 0.00824. The van der Waals surface area contributed by atoms with Gasteiger partial charge in [-0.3, -0.25) is 0 Å². The van der Waals surface area contributed by atoms with Crippen molar-refractivity contribution in [2.24, 2.45) is 4.99 Å². The van der Waals surface area contributed by atoms with Crippen LogP contribution in [0.1, 0.15) is 65.2 Å². The minimum Gasteiger partial charge on any atom is -0.492 e. The number of carbonyl (C=O) groups is 2. The molecule has 0 fully saturated rings. The van der Waals surface area contributed by atoms with E-state index in [0.717, 1.165) is 40.3 Å². The molecule has 2 heterocycles. The lowest BCUT2D eigenvalue weighted by Crippen LogP contribution is -2.42. The molecular formula is C30H38N4O5. The SMILES string of the molecule is C=C(/N=C\C=C(/C)c1cnc(NCc2ccccc2)c2c1OCC2)N(C(=O)OC(C)(C)C)C(=O)OC(C)(C)C. The highest BCUT2D eigenvalue weighted by Gasteiger charge is 2.33. The number of imide groups is 1. The number of aliphatic imine (C=N–C) groups is 1. The molecule has 1 aromatic heterocycles. The Labute approximate surface area is 230 Å². The molecule has 39 heavy (non-hydrogen) atoms. The van der Waals surface area contributed by atoms with Crippen LogP contribution in [0.3, 0.4) is 0 Å². The van der Waals surface area contributed by atoms with Crippen molar-refractivity contribution in [1.82, 2.24) is 9.88 Å². The van der Waals surface area contributed by atoms with Gasteiger partial charge in [-0.05, 0) is 65.7 Å². The maximum absolute atomic E-state index is 12.8. The van der Waals surface area contributed by atoms with Crippen LogP contribution in [0, 0.1) is 0 Å². The van der Waals surface area contributed by atoms with E-state index in [9.17, 15) is 9.59 Å². The van der Waals surface area contributed by atoms with E-state index in [1.165, 1.54) is 6.21 Å². The molecule has 0 saturated carbocycles. The molecule has 9 nitrogen and oxygen atoms in total. The van der Waals surface area contributed by atoms with E-state index in [0.29, 0.717) is 18.1 Å². The summed E-state index contributed by atoms with van der Waals surface area (Å²) in [7, 11) is 0. The van der Waals surface area contributed by atoms with E-state index >= 15 is 0 Å². The number of carbonyl (C=O) groups excluding carboxylic acids is 2. The molecular weight excluding hydrogens is 496 g/mol. The summed E-state index contributed by atoms with van der Waals surface area (Å²) in [5.74, 6) is 1.45. The second-order valence-corrected chi connectivity index (χ2v) is 11.1. The van der Waals surface area contributed by atoms with Gasteiger partial charge in [-0.1, -0.05) is 36.9 Å². The van der Waals surface area contributed by atoms with Crippen LogP contribution in [0.4, 0.5) is 15.4 Å². The average molecular weight is 535 g/mol. The summed E-state index contributed by atoms with van der Waals surface area (Å²) < 4.78 is 16.7. The number of hydrogen-bond acceptors (Lipinski definition) is 8. The van der Waals surface area contributed by atoms with Crippen molar-refractivity contribution in [1.29, 1.82) is 0 Å². The van der Waals surface area contributed by atoms with E-state index in [4.69, 9.17) is 14.2 Å². The molecule has 0 bridgehead atoms. The normalized spacial score (nSPS) is 13.5. The van der Waals surface area contributed by atoms with Gasteiger partial charge in [0.15, 0.2) is 0 Å². The molecule has 2 aromatic rings. The van der Waals surface area contributed by atoms with Gasteiger partial charge in [-0.25, -0.2) is 19.6 Å². The third-order valence-corrected chi connectivity index (χ3v) is 5.41. The van der Waals surface area contributed by atoms with Crippen LogP contribution in [-0.4, -0.2) is 46.1 Å². The van der Waals surface area contributed by atoms with Gasteiger partial charge in [0.05, 0.1) is 6.61 Å². The highest BCUT2D eigenvalue weighted by molar-refractivity contribution is 5.92. The van der Waals surface area contributed by atoms with Gasteiger partial charge in [0.25, 0.3) is 0 Å². The standard InChI is InChI=1S/C30H38N4O5/c1-20(14-16-31-21(2)34(27(35)38-29(3,4)5)28(36)39-30(6,7)8)24-19-33-26(23-15-17-37-25(23)24)32-18-22-12-10-9-11-13-22/h9-14,16,19H,2,15,17-18H2,1,3-8H3,(H,32,33)/b20-14+,31-16-. The van der Waals surface area contributed by atoms with Gasteiger partial charge in [-0.2, -0.15) is 4.90 Å². The predicted molar refractivity (Wildman–Crippen MR) is 153 cm³/mol. The van der Waals surface area contributed by atoms with Crippen molar-refractivity contribution in [3.8, 4) is 5.75 Å². The van der Waals surface area contributed by atoms with Crippen LogP contribution in [0.5, 0.6) is 5.75 Å². The number of nitrogens with zero attached hydrogens (tertiary/aromatic N) is 3. The molecule has 1 aliphatic heterocycles. The molecule has 0 unspecified atom stereocenters. The number of nitrogens with one attached hydrogen (secondary N) is 1. The number of benzene rings is 1. The maximum Gasteiger partial charge on any atom is 0.425 e. The predicted octanol–water partition coefficient (Wildman–Crippen LogP) is 6.75. The van der Waals surface area contributed by atoms with Crippen molar-refractivity contribution < 1.29 is 23.8 Å². The Morgan fingerprint density at radius 3 is 2.31 bits per heavy atom. The van der Waals surface area contributed by atoms with Crippen molar-refractivity contribution in [3.63, 3.8) is 0 Å². The molecule has 1 aromatic carbocycles. The van der Waals surface area contributed by atoms with E-state index in [1.807, 2.05) is 25.1 Å². The zero-order valence-electron chi connectivity index (χ0n) is 23.8. The monoisotopic (exact) mass is 534 g/mol. The molecule has 2 amide bonds. The zero-order chi connectivity index (χ0) is 28.8. The Morgan fingerprint density at radius 2 is 1.72 bits per heavy atom. The molecule has 0 aliphatic carbocycles. The van der Waals surface area contributed by atoms with Crippen LogP contribution >= 0.6 is 0 Å². The Kier molecular flexibility index (Phi) is 9.16. The first-order valence-electron chi connectivity index (χ1n) is 12.8. The lowest BCUT2D eigenvalue weighted by Gasteiger charge is -2.28. The molecule has 0 atom stereocenters. The summed E-state index contributed by atoms with van der Waals surface area (Å²) in [5, 5.41) is 3.41. The molecule has 1 aliphatic rings. The number of aromatic nitrogens is 1. The highest BCUT2D eigenvalue weighted by Crippen LogP contribution is 2.37. The fraction of sp³-hybridized carbons (Fsp3) is 0.400. The van der Waals surface area contributed by atoms with Gasteiger partial charge in [-0.15, -0.1) is 0 Å². The van der Waals surface area contributed by atoms with Crippen LogP contribution in [0.2, 0.25) is 0 Å². The number of hydrogen-bond donors (Lipinski definition) is 1. The van der Waals surface area contributed by atoms with Crippen molar-refractivity contribution in [2.45, 2.75) is 72.6 Å². The van der Waals surface area contributed by atoms with Gasteiger partial charge < -0.3 is 19.5 Å². The number of fused-ring (bicyclic) bond motifs is 1. The molecule has 208 valence electrons. The van der Waals surface area contributed by atoms with E-state index < -0.39 is 23.4 Å². The Bertz CT molecular complexity index is 1240. The van der Waals surface area contributed by atoms with Crippen LogP contribution < -0.4 is 10.1 Å². The minimum atomic E-state index is -0.923. The zero-order valence-corrected chi connectivity index (χ0v) is 23.8. The second kappa shape index (κ2) is 12.1. The number of anilines is 1. The summed E-state index contributed by atoms with van der Waals surface area (Å²) in [4.78, 5) is 35.1. The maximum atomic E-state index is 12.8. The third-order valence-electron chi connectivity index (χ3n) is 5.41. The summed E-state index contributed by atoms with van der Waals surface area (Å²) in [6.07, 6.45) is 3.87. The molecule has 3 rings (SSSR count). The largest absolute Gasteiger partial charge is 0.492 e. The van der Waals surface area contributed by atoms with Crippen LogP contribution in [0.25, 0.3) is 5.57 Å². The summed E-state index contributed by atoms with van der Waals surface area (Å²) in [5.41, 5.74) is 2.21. The number of amides is 2. The molecule has 0 saturated heterocycles. The summed E-state index contributed by atoms with van der Waals surface area (Å²) >= 11 is 0. The van der Waals surface area contributed by atoms with E-state index in [-0.39, 0.29) is 5.82 Å². The average Bonchev–Trinajstić information content (AvgIpc) is 3.31. The number of rotatable bonds is 7. The van der Waals surface area contributed by atoms with Crippen molar-refractivity contribution >= 4 is 29.8 Å². The fourth-order valence-electron chi connectivity index (χ4n) is 3.69. The minimum absolute atomic E-state index is 0.136. The van der Waals surface area contributed by atoms with Gasteiger partial charge in [0.2, 0.25) is 0 Å². The first-order chi connectivity index (χ1) is 18.2. The third kappa shape index (κ3) is 8.43. The van der Waals surface area contributed by atoms with Crippen LogP contribution in [-0.2, 0) is 22.4 Å². The first kappa shape index (κ1) is 29.4. The first-order valence-corrected chi connectivity index (χ1v) is 12.8. The molecule has 0 spiro atoms. The number of ether oxygens (including phenoxy) is 3. The molecule has 9 heteroatoms. The number of pyridine rings is 1. The quantitative estimate of drug-likeness (QED) is 0.392. The smallest absolute Gasteiger partial charge is 0.425 e.